The average molecular weight is 215 g/mol. The molecule has 0 amide bonds. The van der Waals surface area contributed by atoms with Gasteiger partial charge in [0.15, 0.2) is 0 Å². The first-order valence-corrected chi connectivity index (χ1v) is 5.24. The second-order valence-corrected chi connectivity index (χ2v) is 3.77. The Balaban J connectivity index is 2.97. The van der Waals surface area contributed by atoms with Crippen LogP contribution in [-0.2, 0) is 10.8 Å². The molecule has 0 unspecified atom stereocenters. The first kappa shape index (κ1) is 11.9. The molecule has 1 aromatic carbocycles. The Morgan fingerprint density at radius 3 is 2.40 bits per heavy atom. The summed E-state index contributed by atoms with van der Waals surface area (Å²) in [5.41, 5.74) is 1.94. The highest BCUT2D eigenvalue weighted by Gasteiger charge is 2.22. The van der Waals surface area contributed by atoms with Crippen molar-refractivity contribution in [2.75, 3.05) is 0 Å². The van der Waals surface area contributed by atoms with Gasteiger partial charge in [-0.2, -0.15) is 0 Å². The lowest BCUT2D eigenvalue weighted by molar-refractivity contribution is 0.191. The summed E-state index contributed by atoms with van der Waals surface area (Å²) >= 11 is 0. The van der Waals surface area contributed by atoms with Gasteiger partial charge in [0, 0.05) is 6.42 Å². The summed E-state index contributed by atoms with van der Waals surface area (Å²) in [6.45, 7) is 9.63. The van der Waals surface area contributed by atoms with Gasteiger partial charge in [-0.1, -0.05) is 49.6 Å². The Hall–Kier alpha value is -1.12. The molecule has 0 heterocycles. The van der Waals surface area contributed by atoms with Crippen molar-refractivity contribution in [3.8, 4) is 0 Å². The van der Waals surface area contributed by atoms with Crippen molar-refractivity contribution >= 4 is 10.5 Å². The van der Waals surface area contributed by atoms with E-state index >= 15 is 0 Å². The van der Waals surface area contributed by atoms with Crippen LogP contribution < -0.4 is 0 Å². The van der Waals surface area contributed by atoms with E-state index in [1.165, 1.54) is 11.1 Å². The molecule has 3 radical (unpaired) electrons. The third-order valence-electron chi connectivity index (χ3n) is 2.61. The van der Waals surface area contributed by atoms with Crippen molar-refractivity contribution in [3.63, 3.8) is 0 Å². The Bertz CT molecular complexity index is 349. The van der Waals surface area contributed by atoms with Gasteiger partial charge in [-0.15, -0.1) is 0 Å². The molecule has 0 saturated heterocycles. The molecule has 0 bridgehead atoms. The van der Waals surface area contributed by atoms with E-state index in [9.17, 15) is 0 Å². The SMILES string of the molecule is C=CC(C=C)(Cc1ccccc1C)O[Si]. The molecule has 1 rings (SSSR count). The largest absolute Gasteiger partial charge is 0.406 e. The Labute approximate surface area is 95.0 Å². The molecule has 2 heteroatoms. The van der Waals surface area contributed by atoms with Crippen LogP contribution in [0.25, 0.3) is 0 Å². The lowest BCUT2D eigenvalue weighted by atomic mass is 9.92. The molecule has 15 heavy (non-hydrogen) atoms. The van der Waals surface area contributed by atoms with Gasteiger partial charge in [-0.3, -0.25) is 0 Å². The first-order valence-electron chi connectivity index (χ1n) is 4.84. The highest BCUT2D eigenvalue weighted by atomic mass is 28.2. The molecule has 1 aromatic rings. The Morgan fingerprint density at radius 1 is 1.33 bits per heavy atom. The standard InChI is InChI=1S/C13H15OSi/c1-4-13(5-2,14-15)10-12-9-7-6-8-11(12)3/h4-9H,1-2,10H2,3H3. The van der Waals surface area contributed by atoms with Crippen LogP contribution in [0.2, 0.25) is 0 Å². The van der Waals surface area contributed by atoms with Crippen LogP contribution in [0.5, 0.6) is 0 Å². The topological polar surface area (TPSA) is 9.23 Å². The maximum Gasteiger partial charge on any atom is 0.247 e. The van der Waals surface area contributed by atoms with E-state index in [2.05, 4.69) is 42.7 Å². The predicted octanol–water partition coefficient (Wildman–Crippen LogP) is 2.75. The van der Waals surface area contributed by atoms with Crippen molar-refractivity contribution in [2.24, 2.45) is 0 Å². The fourth-order valence-corrected chi connectivity index (χ4v) is 1.69. The molecule has 0 N–H and O–H groups in total. The quantitative estimate of drug-likeness (QED) is 0.542. The molecule has 0 saturated carbocycles. The van der Waals surface area contributed by atoms with E-state index < -0.39 is 5.60 Å². The van der Waals surface area contributed by atoms with Crippen molar-refractivity contribution < 1.29 is 4.43 Å². The minimum atomic E-state index is -0.539. The molecule has 0 aromatic heterocycles. The van der Waals surface area contributed by atoms with Gasteiger partial charge in [-0.25, -0.2) is 0 Å². The van der Waals surface area contributed by atoms with E-state index in [-0.39, 0.29) is 0 Å². The van der Waals surface area contributed by atoms with Crippen LogP contribution in [-0.4, -0.2) is 16.1 Å². The normalized spacial score (nSPS) is 11.1. The lowest BCUT2D eigenvalue weighted by Crippen LogP contribution is -2.29. The number of hydrogen-bond donors (Lipinski definition) is 0. The van der Waals surface area contributed by atoms with Gasteiger partial charge >= 0.3 is 0 Å². The van der Waals surface area contributed by atoms with Gasteiger partial charge in [0.2, 0.25) is 10.5 Å². The van der Waals surface area contributed by atoms with Crippen LogP contribution in [0.15, 0.2) is 49.6 Å². The molecular weight excluding hydrogens is 200 g/mol. The monoisotopic (exact) mass is 215 g/mol. The third-order valence-corrected chi connectivity index (χ3v) is 2.99. The molecule has 0 aliphatic carbocycles. The number of hydrogen-bond acceptors (Lipinski definition) is 1. The number of aryl methyl sites for hydroxylation is 1. The molecule has 0 aliphatic heterocycles. The molecule has 0 aliphatic rings. The van der Waals surface area contributed by atoms with Crippen LogP contribution >= 0.6 is 0 Å². The van der Waals surface area contributed by atoms with Crippen molar-refractivity contribution in [1.29, 1.82) is 0 Å². The Kier molecular flexibility index (Phi) is 4.06. The summed E-state index contributed by atoms with van der Waals surface area (Å²) in [6, 6.07) is 8.21. The van der Waals surface area contributed by atoms with Crippen molar-refractivity contribution in [3.05, 3.63) is 60.7 Å². The van der Waals surface area contributed by atoms with Crippen molar-refractivity contribution in [1.82, 2.24) is 0 Å². The van der Waals surface area contributed by atoms with E-state index in [1.54, 1.807) is 12.2 Å². The molecule has 1 nitrogen and oxygen atoms in total. The molecular formula is C13H15OSi. The van der Waals surface area contributed by atoms with Crippen LogP contribution in [0.3, 0.4) is 0 Å². The lowest BCUT2D eigenvalue weighted by Gasteiger charge is -2.26. The van der Waals surface area contributed by atoms with E-state index in [4.69, 9.17) is 4.43 Å². The van der Waals surface area contributed by atoms with Crippen molar-refractivity contribution in [2.45, 2.75) is 18.9 Å². The van der Waals surface area contributed by atoms with Crippen LogP contribution in [0.1, 0.15) is 11.1 Å². The summed E-state index contributed by atoms with van der Waals surface area (Å²) in [7, 11) is 3.08. The zero-order chi connectivity index (χ0) is 11.3. The smallest absolute Gasteiger partial charge is 0.247 e. The third kappa shape index (κ3) is 2.67. The van der Waals surface area contributed by atoms with Crippen LogP contribution in [0.4, 0.5) is 0 Å². The minimum absolute atomic E-state index is 0.539. The molecule has 0 fully saturated rings. The maximum absolute atomic E-state index is 5.26. The van der Waals surface area contributed by atoms with Gasteiger partial charge in [0.05, 0.1) is 5.60 Å². The van der Waals surface area contributed by atoms with Gasteiger partial charge in [0.1, 0.15) is 0 Å². The second kappa shape index (κ2) is 5.10. The average Bonchev–Trinajstić information content (AvgIpc) is 2.29. The highest BCUT2D eigenvalue weighted by Crippen LogP contribution is 2.21. The second-order valence-electron chi connectivity index (χ2n) is 3.57. The molecule has 0 spiro atoms. The predicted molar refractivity (Wildman–Crippen MR) is 64.8 cm³/mol. The fraction of sp³-hybridized carbons (Fsp3) is 0.231. The zero-order valence-corrected chi connectivity index (χ0v) is 9.99. The summed E-state index contributed by atoms with van der Waals surface area (Å²) in [5.74, 6) is 0. The minimum Gasteiger partial charge on any atom is -0.406 e. The summed E-state index contributed by atoms with van der Waals surface area (Å²) < 4.78 is 5.26. The van der Waals surface area contributed by atoms with Crippen LogP contribution in [0, 0.1) is 6.92 Å². The van der Waals surface area contributed by atoms with E-state index in [1.807, 2.05) is 12.1 Å². The van der Waals surface area contributed by atoms with E-state index in [0.717, 1.165) is 6.42 Å². The summed E-state index contributed by atoms with van der Waals surface area (Å²) in [6.07, 6.45) is 4.23. The molecule has 77 valence electrons. The Morgan fingerprint density at radius 2 is 1.93 bits per heavy atom. The van der Waals surface area contributed by atoms with Gasteiger partial charge < -0.3 is 4.43 Å². The maximum atomic E-state index is 5.26. The fourth-order valence-electron chi connectivity index (χ4n) is 1.45. The highest BCUT2D eigenvalue weighted by molar-refractivity contribution is 5.98. The number of rotatable bonds is 5. The first-order chi connectivity index (χ1) is 7.17. The van der Waals surface area contributed by atoms with E-state index in [0.29, 0.717) is 0 Å². The van der Waals surface area contributed by atoms with Gasteiger partial charge in [0.25, 0.3) is 0 Å². The van der Waals surface area contributed by atoms with Gasteiger partial charge in [-0.05, 0) is 18.1 Å². The molecule has 0 atom stereocenters. The number of benzene rings is 1. The zero-order valence-electron chi connectivity index (χ0n) is 8.99. The summed E-state index contributed by atoms with van der Waals surface area (Å²) in [5, 5.41) is 0. The summed E-state index contributed by atoms with van der Waals surface area (Å²) in [4.78, 5) is 0.